The molecule has 2 N–H and O–H groups in total. The first-order valence-electron chi connectivity index (χ1n) is 54.3. The zero-order valence-electron chi connectivity index (χ0n) is 83.0. The molecule has 2 saturated heterocycles. The molecule has 4 unspecified atom stereocenters. The molecule has 2 aliphatic heterocycles. The Bertz CT molecular complexity index is 3310. The zero-order chi connectivity index (χ0) is 91.8. The predicted octanol–water partition coefficient (Wildman–Crippen LogP) is 31.4. The van der Waals surface area contributed by atoms with Crippen molar-refractivity contribution in [1.82, 2.24) is 10.6 Å². The topological polar surface area (TPSA) is 141 Å². The number of rotatable bonds is 82. The normalized spacial score (nSPS) is 18.7. The Morgan fingerprint density at radius 1 is 0.229 bits per heavy atom. The van der Waals surface area contributed by atoms with Gasteiger partial charge in [-0.2, -0.15) is 0 Å². The molecule has 2 amide bonds. The van der Waals surface area contributed by atoms with Crippen LogP contribution in [0.3, 0.4) is 0 Å². The van der Waals surface area contributed by atoms with Gasteiger partial charge < -0.3 is 53.3 Å². The van der Waals surface area contributed by atoms with Crippen molar-refractivity contribution in [2.24, 2.45) is 11.8 Å². The fourth-order valence-electron chi connectivity index (χ4n) is 19.3. The van der Waals surface area contributed by atoms with Gasteiger partial charge in [0.2, 0.25) is 11.8 Å². The first-order chi connectivity index (χ1) is 64.8. The average Bonchev–Trinajstić information content (AvgIpc) is 0.767. The number of carbonyl (C=O) groups is 2. The van der Waals surface area contributed by atoms with E-state index in [9.17, 15) is 0 Å². The van der Waals surface area contributed by atoms with Crippen LogP contribution in [0.25, 0.3) is 0 Å². The number of benzene rings is 6. The maximum Gasteiger partial charge on any atom is 0.223 e. The summed E-state index contributed by atoms with van der Waals surface area (Å²) >= 11 is 0. The van der Waals surface area contributed by atoms with E-state index in [2.05, 4.69) is 111 Å². The highest BCUT2D eigenvalue weighted by molar-refractivity contribution is 5.79. The highest BCUT2D eigenvalue weighted by atomic mass is 16.8. The Morgan fingerprint density at radius 2 is 0.397 bits per heavy atom. The maximum absolute atomic E-state index is 15.6. The van der Waals surface area contributed by atoms with Crippen LogP contribution in [0.4, 0.5) is 0 Å². The standard InChI is InChI=1S/C118H184N2O11/c1-5-9-13-17-21-25-29-33-37-41-45-49-71-87-105(88-72-50-46-42-38-34-30-26-22-18-14-10-6-2)115(121)119-91-107-109(123-93-99-75-59-53-60-76-99)111(125-95-101-79-63-55-64-80-101)113(127-97-103-83-67-57-68-84-103)117(129-107)131-118-114(128-98-104-85-69-58-70-86-104)112(126-96-102-81-65-56-66-82-102)110(124-94-100-77-61-54-62-78-100)108(130-118)92-120-116(122)106(89-73-51-47-43-39-35-31-27-23-19-15-11-7-3)90-74-52-48-44-40-36-32-28-24-20-16-12-8-4/h53-70,75-86,105-114,117-118H,5-52,71-74,87-98H2,1-4H3,(H,119,121)(H,120,122)/t107?,108?,109-,110-,111-,112-,113?,114?,117-,118-/m1/s1. The van der Waals surface area contributed by atoms with Gasteiger partial charge in [0.15, 0.2) is 12.6 Å². The highest BCUT2D eigenvalue weighted by Crippen LogP contribution is 2.38. The van der Waals surface area contributed by atoms with Crippen molar-refractivity contribution in [3.8, 4) is 0 Å². The van der Waals surface area contributed by atoms with E-state index in [0.29, 0.717) is 0 Å². The molecule has 131 heavy (non-hydrogen) atoms. The number of carbonyl (C=O) groups excluding carboxylic acids is 2. The average molecular weight is 1810 g/mol. The Morgan fingerprint density at radius 3 is 0.588 bits per heavy atom. The molecule has 2 aliphatic rings. The first kappa shape index (κ1) is 110. The van der Waals surface area contributed by atoms with Crippen LogP contribution in [0.5, 0.6) is 0 Å². The first-order valence-corrected chi connectivity index (χ1v) is 54.3. The summed E-state index contributed by atoms with van der Waals surface area (Å²) in [5.74, 6) is -0.256. The third kappa shape index (κ3) is 49.0. The summed E-state index contributed by atoms with van der Waals surface area (Å²) in [5, 5.41) is 7.14. The smallest absolute Gasteiger partial charge is 0.223 e. The van der Waals surface area contributed by atoms with Gasteiger partial charge in [0.25, 0.3) is 0 Å². The van der Waals surface area contributed by atoms with Gasteiger partial charge in [-0.15, -0.1) is 0 Å². The molecular weight excluding hydrogens is 1620 g/mol. The molecule has 10 atom stereocenters. The monoisotopic (exact) mass is 1810 g/mol. The minimum absolute atomic E-state index is 0.0423. The van der Waals surface area contributed by atoms with Crippen molar-refractivity contribution in [3.05, 3.63) is 215 Å². The van der Waals surface area contributed by atoms with Gasteiger partial charge in [-0.25, -0.2) is 0 Å². The SMILES string of the molecule is CCCCCCCCCCCCCCCC(CCCCCCCCCCCCCCC)C(=O)NCC1O[C@H](O[C@H]2OC(CNC(=O)C(CCCCCCCCCCCCCCC)CCCCCCCCCCCCCCC)[C@@H](OCc3ccccc3)[C@@H](OCc3ccccc3)C2OCc2ccccc2)C(OCc2ccccc2)[C@H](OCc2ccccc2)[C@@H]1OCc1ccccc1. The predicted molar refractivity (Wildman–Crippen MR) is 543 cm³/mol. The number of nitrogens with one attached hydrogen (secondary N) is 2. The summed E-state index contributed by atoms with van der Waals surface area (Å²) < 4.78 is 67.6. The van der Waals surface area contributed by atoms with Crippen molar-refractivity contribution in [2.75, 3.05) is 13.1 Å². The van der Waals surface area contributed by atoms with E-state index in [1.54, 1.807) is 0 Å². The third-order valence-corrected chi connectivity index (χ3v) is 27.5. The molecule has 2 heterocycles. The quantitative estimate of drug-likeness (QED) is 0.0353. The molecule has 0 radical (unpaired) electrons. The Labute approximate surface area is 798 Å². The van der Waals surface area contributed by atoms with E-state index in [4.69, 9.17) is 42.6 Å². The van der Waals surface area contributed by atoms with Crippen molar-refractivity contribution < 1.29 is 52.2 Å². The lowest BCUT2D eigenvalue weighted by atomic mass is 9.92. The second kappa shape index (κ2) is 74.1. The molecule has 0 aromatic heterocycles. The molecule has 732 valence electrons. The number of ether oxygens (including phenoxy) is 9. The van der Waals surface area contributed by atoms with Crippen molar-refractivity contribution in [1.29, 1.82) is 0 Å². The fraction of sp³-hybridized carbons (Fsp3) is 0.678. The lowest BCUT2D eigenvalue weighted by Crippen LogP contribution is -2.67. The van der Waals surface area contributed by atoms with E-state index in [-0.39, 0.29) is 76.4 Å². The summed E-state index contributed by atoms with van der Waals surface area (Å²) in [4.78, 5) is 31.2. The molecule has 8 rings (SSSR count). The van der Waals surface area contributed by atoms with E-state index in [1.807, 2.05) is 109 Å². The lowest BCUT2D eigenvalue weighted by Gasteiger charge is -2.50. The fourth-order valence-corrected chi connectivity index (χ4v) is 19.3. The second-order valence-corrected chi connectivity index (χ2v) is 38.8. The minimum Gasteiger partial charge on any atom is -0.368 e. The minimum atomic E-state index is -1.24. The molecule has 0 saturated carbocycles. The molecule has 0 spiro atoms. The van der Waals surface area contributed by atoms with Crippen LogP contribution in [-0.4, -0.2) is 86.3 Å². The molecule has 2 fully saturated rings. The highest BCUT2D eigenvalue weighted by Gasteiger charge is 2.55. The maximum atomic E-state index is 15.6. The number of amides is 2. The van der Waals surface area contributed by atoms with Crippen LogP contribution in [0.2, 0.25) is 0 Å². The third-order valence-electron chi connectivity index (χ3n) is 27.5. The number of hydrogen-bond acceptors (Lipinski definition) is 11. The molecule has 6 aromatic rings. The van der Waals surface area contributed by atoms with Gasteiger partial charge in [-0.3, -0.25) is 9.59 Å². The van der Waals surface area contributed by atoms with Crippen molar-refractivity contribution in [3.63, 3.8) is 0 Å². The molecule has 13 heteroatoms. The Balaban J connectivity index is 1.13. The summed E-state index contributed by atoms with van der Waals surface area (Å²) in [6, 6.07) is 61.4. The summed E-state index contributed by atoms with van der Waals surface area (Å²) in [7, 11) is 0. The number of hydrogen-bond donors (Lipinski definition) is 2. The Hall–Kier alpha value is -6.10. The van der Waals surface area contributed by atoms with Gasteiger partial charge in [0.05, 0.1) is 39.6 Å². The molecule has 6 aromatic carbocycles. The zero-order valence-corrected chi connectivity index (χ0v) is 83.0. The van der Waals surface area contributed by atoms with Crippen LogP contribution < -0.4 is 10.6 Å². The van der Waals surface area contributed by atoms with Gasteiger partial charge >= 0.3 is 0 Å². The van der Waals surface area contributed by atoms with E-state index in [0.717, 1.165) is 110 Å². The van der Waals surface area contributed by atoms with Gasteiger partial charge in [0.1, 0.15) is 48.8 Å². The van der Waals surface area contributed by atoms with Crippen LogP contribution in [-0.2, 0) is 91.9 Å². The van der Waals surface area contributed by atoms with Gasteiger partial charge in [-0.1, -0.05) is 544 Å². The largest absolute Gasteiger partial charge is 0.368 e. The molecule has 0 bridgehead atoms. The molecular formula is C118H184N2O11. The van der Waals surface area contributed by atoms with Crippen LogP contribution in [0.1, 0.15) is 421 Å². The van der Waals surface area contributed by atoms with E-state index < -0.39 is 61.4 Å². The van der Waals surface area contributed by atoms with Crippen LogP contribution in [0.15, 0.2) is 182 Å². The van der Waals surface area contributed by atoms with E-state index >= 15 is 9.59 Å². The lowest BCUT2D eigenvalue weighted by molar-refractivity contribution is -0.390. The van der Waals surface area contributed by atoms with Gasteiger partial charge in [-0.05, 0) is 59.1 Å². The summed E-state index contributed by atoms with van der Waals surface area (Å²) in [6.45, 7) is 10.7. The van der Waals surface area contributed by atoms with Crippen LogP contribution in [0, 0.1) is 11.8 Å². The molecule has 13 nitrogen and oxygen atoms in total. The number of unbranched alkanes of at least 4 members (excludes halogenated alkanes) is 48. The van der Waals surface area contributed by atoms with Crippen LogP contribution >= 0.6 is 0 Å². The van der Waals surface area contributed by atoms with Crippen molar-refractivity contribution >= 4 is 11.8 Å². The second-order valence-electron chi connectivity index (χ2n) is 38.8. The molecule has 0 aliphatic carbocycles. The Kier molecular flexibility index (Phi) is 62.4. The van der Waals surface area contributed by atoms with E-state index in [1.165, 1.54) is 283 Å². The summed E-state index contributed by atoms with van der Waals surface area (Å²) in [6.07, 6.45) is 60.2. The summed E-state index contributed by atoms with van der Waals surface area (Å²) in [5.41, 5.74) is 5.81. The van der Waals surface area contributed by atoms with Crippen molar-refractivity contribution in [2.45, 2.75) is 488 Å². The van der Waals surface area contributed by atoms with Gasteiger partial charge in [0, 0.05) is 24.9 Å².